The summed E-state index contributed by atoms with van der Waals surface area (Å²) in [5, 5.41) is 2.37. The van der Waals surface area contributed by atoms with Crippen molar-refractivity contribution in [2.45, 2.75) is 57.1 Å². The maximum Gasteiger partial charge on any atom is 0.319 e. The van der Waals surface area contributed by atoms with Crippen LogP contribution in [0.4, 0.5) is 10.1 Å². The van der Waals surface area contributed by atoms with Crippen LogP contribution in [-0.2, 0) is 14.3 Å². The van der Waals surface area contributed by atoms with Crippen LogP contribution in [0.25, 0.3) is 0 Å². The summed E-state index contributed by atoms with van der Waals surface area (Å²) in [6.45, 7) is 7.44. The molecule has 0 bridgehead atoms. The average molecular weight is 390 g/mol. The van der Waals surface area contributed by atoms with E-state index in [1.807, 2.05) is 13.8 Å². The second-order valence-corrected chi connectivity index (χ2v) is 8.02. The first kappa shape index (κ1) is 21.8. The lowest BCUT2D eigenvalue weighted by atomic mass is 9.89. The SMILES string of the molecule is CCCC(Sc1cc(NC(=O)C(C)(C)CC)c(F)cc1Cl)C(=O)OC. The van der Waals surface area contributed by atoms with E-state index < -0.39 is 16.5 Å². The van der Waals surface area contributed by atoms with Crippen molar-refractivity contribution in [1.82, 2.24) is 0 Å². The van der Waals surface area contributed by atoms with Crippen LogP contribution < -0.4 is 5.32 Å². The molecular formula is C18H25ClFNO3S. The molecule has 140 valence electrons. The van der Waals surface area contributed by atoms with Gasteiger partial charge in [-0.2, -0.15) is 0 Å². The van der Waals surface area contributed by atoms with Gasteiger partial charge >= 0.3 is 5.97 Å². The normalized spacial score (nSPS) is 12.6. The van der Waals surface area contributed by atoms with Crippen LogP contribution in [0.5, 0.6) is 0 Å². The first-order valence-corrected chi connectivity index (χ1v) is 9.47. The quantitative estimate of drug-likeness (QED) is 0.485. The van der Waals surface area contributed by atoms with Gasteiger partial charge in [0.25, 0.3) is 0 Å². The first-order valence-electron chi connectivity index (χ1n) is 8.21. The molecule has 25 heavy (non-hydrogen) atoms. The molecule has 0 fully saturated rings. The first-order chi connectivity index (χ1) is 11.7. The summed E-state index contributed by atoms with van der Waals surface area (Å²) in [5.41, 5.74) is -0.561. The van der Waals surface area contributed by atoms with Crippen molar-refractivity contribution < 1.29 is 18.7 Å². The van der Waals surface area contributed by atoms with Crippen LogP contribution in [0.1, 0.15) is 47.0 Å². The fourth-order valence-electron chi connectivity index (χ4n) is 1.94. The van der Waals surface area contributed by atoms with Crippen molar-refractivity contribution in [3.63, 3.8) is 0 Å². The Bertz CT molecular complexity index is 637. The number of methoxy groups -OCH3 is 1. The number of amides is 1. The Morgan fingerprint density at radius 1 is 1.36 bits per heavy atom. The molecule has 4 nitrogen and oxygen atoms in total. The minimum Gasteiger partial charge on any atom is -0.468 e. The number of hydrogen-bond donors (Lipinski definition) is 1. The molecule has 1 aromatic rings. The third kappa shape index (κ3) is 5.89. The van der Waals surface area contributed by atoms with Crippen molar-refractivity contribution in [3.8, 4) is 0 Å². The fraction of sp³-hybridized carbons (Fsp3) is 0.556. The maximum absolute atomic E-state index is 14.2. The van der Waals surface area contributed by atoms with Gasteiger partial charge in [0, 0.05) is 10.3 Å². The van der Waals surface area contributed by atoms with E-state index in [4.69, 9.17) is 16.3 Å². The summed E-state index contributed by atoms with van der Waals surface area (Å²) in [5.74, 6) is -1.24. The van der Waals surface area contributed by atoms with Gasteiger partial charge in [0.05, 0.1) is 17.8 Å². The minimum absolute atomic E-state index is 0.0542. The zero-order valence-electron chi connectivity index (χ0n) is 15.2. The minimum atomic E-state index is -0.615. The molecule has 1 unspecified atom stereocenters. The van der Waals surface area contributed by atoms with Gasteiger partial charge in [-0.3, -0.25) is 9.59 Å². The van der Waals surface area contributed by atoms with Crippen molar-refractivity contribution in [2.24, 2.45) is 5.41 Å². The van der Waals surface area contributed by atoms with Gasteiger partial charge in [-0.25, -0.2) is 4.39 Å². The highest BCUT2D eigenvalue weighted by atomic mass is 35.5. The molecule has 0 saturated carbocycles. The van der Waals surface area contributed by atoms with Crippen LogP contribution in [0.15, 0.2) is 17.0 Å². The number of ether oxygens (including phenoxy) is 1. The summed E-state index contributed by atoms with van der Waals surface area (Å²) >= 11 is 7.33. The van der Waals surface area contributed by atoms with Gasteiger partial charge < -0.3 is 10.1 Å². The van der Waals surface area contributed by atoms with Gasteiger partial charge in [0.15, 0.2) is 0 Å². The highest BCUT2D eigenvalue weighted by molar-refractivity contribution is 8.00. The monoisotopic (exact) mass is 389 g/mol. The van der Waals surface area contributed by atoms with Crippen molar-refractivity contribution in [1.29, 1.82) is 0 Å². The number of carbonyl (C=O) groups excluding carboxylic acids is 2. The second kappa shape index (κ2) is 9.43. The lowest BCUT2D eigenvalue weighted by molar-refractivity contribution is -0.140. The van der Waals surface area contributed by atoms with E-state index >= 15 is 0 Å². The van der Waals surface area contributed by atoms with E-state index in [-0.39, 0.29) is 22.6 Å². The zero-order valence-corrected chi connectivity index (χ0v) is 16.8. The summed E-state index contributed by atoms with van der Waals surface area (Å²) in [6, 6.07) is 2.62. The molecule has 0 aliphatic rings. The Morgan fingerprint density at radius 3 is 2.52 bits per heavy atom. The second-order valence-electron chi connectivity index (χ2n) is 6.37. The van der Waals surface area contributed by atoms with Crippen molar-refractivity contribution in [3.05, 3.63) is 23.0 Å². The highest BCUT2D eigenvalue weighted by Gasteiger charge is 2.27. The Labute approximate surface area is 157 Å². The van der Waals surface area contributed by atoms with Crippen LogP contribution in [0.2, 0.25) is 5.02 Å². The molecule has 0 aliphatic heterocycles. The van der Waals surface area contributed by atoms with Gasteiger partial charge in [-0.1, -0.05) is 45.7 Å². The van der Waals surface area contributed by atoms with Gasteiger partial charge in [0.2, 0.25) is 5.91 Å². The largest absolute Gasteiger partial charge is 0.468 e. The Balaban J connectivity index is 3.10. The average Bonchev–Trinajstić information content (AvgIpc) is 2.57. The molecule has 0 aliphatic carbocycles. The Morgan fingerprint density at radius 2 is 2.00 bits per heavy atom. The molecule has 0 heterocycles. The molecule has 1 aromatic carbocycles. The van der Waals surface area contributed by atoms with E-state index in [2.05, 4.69) is 5.32 Å². The number of halogens is 2. The molecule has 1 amide bonds. The van der Waals surface area contributed by atoms with Crippen molar-refractivity contribution >= 4 is 40.9 Å². The van der Waals surface area contributed by atoms with Crippen molar-refractivity contribution in [2.75, 3.05) is 12.4 Å². The van der Waals surface area contributed by atoms with E-state index in [0.717, 1.165) is 12.5 Å². The number of thioether (sulfide) groups is 1. The molecule has 7 heteroatoms. The van der Waals surface area contributed by atoms with E-state index in [0.29, 0.717) is 17.7 Å². The van der Waals surface area contributed by atoms with Crippen LogP contribution in [0, 0.1) is 11.2 Å². The number of benzene rings is 1. The molecule has 1 N–H and O–H groups in total. The summed E-state index contributed by atoms with van der Waals surface area (Å²) < 4.78 is 19.0. The molecule has 1 atom stereocenters. The van der Waals surface area contributed by atoms with Gasteiger partial charge in [0.1, 0.15) is 11.1 Å². The molecular weight excluding hydrogens is 365 g/mol. The Hall–Kier alpha value is -1.27. The van der Waals surface area contributed by atoms with Gasteiger partial charge in [-0.05, 0) is 25.0 Å². The molecule has 0 spiro atoms. The lowest BCUT2D eigenvalue weighted by Crippen LogP contribution is -2.30. The number of esters is 1. The van der Waals surface area contributed by atoms with E-state index in [1.54, 1.807) is 13.8 Å². The fourth-order valence-corrected chi connectivity index (χ4v) is 3.43. The smallest absolute Gasteiger partial charge is 0.319 e. The lowest BCUT2D eigenvalue weighted by Gasteiger charge is -2.22. The number of hydrogen-bond acceptors (Lipinski definition) is 4. The summed E-state index contributed by atoms with van der Waals surface area (Å²) in [6.07, 6.45) is 2.02. The number of carbonyl (C=O) groups is 2. The standard InChI is InChI=1S/C18H25ClFNO3S/c1-6-8-14(16(22)24-5)25-15-10-13(12(20)9-11(15)19)21-17(23)18(3,4)7-2/h9-10,14H,6-8H2,1-5H3,(H,21,23). The zero-order chi connectivity index (χ0) is 19.2. The third-order valence-electron chi connectivity index (χ3n) is 4.05. The number of rotatable bonds is 8. The molecule has 0 radical (unpaired) electrons. The van der Waals surface area contributed by atoms with Crippen LogP contribution in [0.3, 0.4) is 0 Å². The maximum atomic E-state index is 14.2. The predicted molar refractivity (Wildman–Crippen MR) is 101 cm³/mol. The number of nitrogens with one attached hydrogen (secondary N) is 1. The molecule has 0 saturated heterocycles. The third-order valence-corrected chi connectivity index (χ3v) is 5.78. The highest BCUT2D eigenvalue weighted by Crippen LogP contribution is 2.36. The van der Waals surface area contributed by atoms with E-state index in [9.17, 15) is 14.0 Å². The van der Waals surface area contributed by atoms with Crippen LogP contribution >= 0.6 is 23.4 Å². The summed E-state index contributed by atoms with van der Waals surface area (Å²) in [4.78, 5) is 24.7. The topological polar surface area (TPSA) is 55.4 Å². The number of anilines is 1. The van der Waals surface area contributed by atoms with Crippen LogP contribution in [-0.4, -0.2) is 24.2 Å². The van der Waals surface area contributed by atoms with E-state index in [1.165, 1.54) is 24.9 Å². The molecule has 0 aromatic heterocycles. The Kier molecular flexibility index (Phi) is 8.22. The van der Waals surface area contributed by atoms with Gasteiger partial charge in [-0.15, -0.1) is 11.8 Å². The molecule has 1 rings (SSSR count). The summed E-state index contributed by atoms with van der Waals surface area (Å²) in [7, 11) is 1.33. The predicted octanol–water partition coefficient (Wildman–Crippen LogP) is 5.29.